The summed E-state index contributed by atoms with van der Waals surface area (Å²) in [6.45, 7) is 2.82. The predicted molar refractivity (Wildman–Crippen MR) is 429 cm³/mol. The third-order valence-electron chi connectivity index (χ3n) is 21.8. The molecule has 0 aromatic rings. The van der Waals surface area contributed by atoms with Crippen LogP contribution in [0.25, 0.3) is 0 Å². The monoisotopic (exact) mass is 1460 g/mol. The minimum Gasteiger partial charge on any atom is -0.394 e. The fourth-order valence-corrected chi connectivity index (χ4v) is 14.9. The van der Waals surface area contributed by atoms with Crippen LogP contribution in [0.1, 0.15) is 418 Å². The van der Waals surface area contributed by atoms with Crippen LogP contribution in [0.15, 0.2) is 48.6 Å². The molecule has 2 aliphatic heterocycles. The van der Waals surface area contributed by atoms with Crippen LogP contribution in [0.4, 0.5) is 0 Å². The van der Waals surface area contributed by atoms with E-state index in [1.54, 1.807) is 0 Å². The lowest BCUT2D eigenvalue weighted by atomic mass is 9.97. The lowest BCUT2D eigenvalue weighted by Crippen LogP contribution is -2.65. The molecule has 0 radical (unpaired) electrons. The fraction of sp³-hybridized carbons (Fsp3) is 0.899. The molecule has 12 unspecified atom stereocenters. The molecule has 2 aliphatic rings. The molecule has 2 fully saturated rings. The largest absolute Gasteiger partial charge is 0.394 e. The van der Waals surface area contributed by atoms with Crippen LogP contribution >= 0.6 is 0 Å². The first-order valence-corrected chi connectivity index (χ1v) is 44.4. The molecule has 14 nitrogen and oxygen atoms in total. The molecule has 606 valence electrons. The van der Waals surface area contributed by atoms with Gasteiger partial charge in [0.1, 0.15) is 48.8 Å². The van der Waals surface area contributed by atoms with Crippen LogP contribution in [-0.2, 0) is 23.7 Å². The van der Waals surface area contributed by atoms with Crippen LogP contribution in [0.5, 0.6) is 0 Å². The number of aliphatic hydroxyl groups excluding tert-OH is 8. The highest BCUT2D eigenvalue weighted by molar-refractivity contribution is 5.76. The SMILES string of the molecule is CC/C=C\C/C=C\C/C=C\C/C=C\CCCCCCCCCCCCCCCCCCCCCCCCCCCCCCC(=O)NC(COC1OC(CO)C(OC2OC(CO)C(O)C(O)C2O)C(O)C1O)C(O)CCCCCCCCCCCCCCCCCCCCCCCCCCCCCC. The van der Waals surface area contributed by atoms with E-state index >= 15 is 0 Å². The second kappa shape index (κ2) is 72.8. The van der Waals surface area contributed by atoms with E-state index in [4.69, 9.17) is 18.9 Å². The van der Waals surface area contributed by atoms with E-state index < -0.39 is 86.8 Å². The summed E-state index contributed by atoms with van der Waals surface area (Å²) in [5.74, 6) is -0.196. The van der Waals surface area contributed by atoms with Crippen molar-refractivity contribution in [3.63, 3.8) is 0 Å². The lowest BCUT2D eigenvalue weighted by molar-refractivity contribution is -0.359. The van der Waals surface area contributed by atoms with Gasteiger partial charge in [0.2, 0.25) is 5.91 Å². The number of aliphatic hydroxyl groups is 8. The molecule has 0 saturated carbocycles. The molecule has 2 rings (SSSR count). The molecule has 12 atom stereocenters. The maximum absolute atomic E-state index is 13.4. The van der Waals surface area contributed by atoms with E-state index in [1.807, 2.05) is 0 Å². The first-order valence-electron chi connectivity index (χ1n) is 44.4. The average Bonchev–Trinajstić information content (AvgIpc) is 0.791. The van der Waals surface area contributed by atoms with Crippen molar-refractivity contribution in [3.05, 3.63) is 48.6 Å². The Kier molecular flexibility index (Phi) is 68.6. The second-order valence-corrected chi connectivity index (χ2v) is 31.4. The summed E-state index contributed by atoms with van der Waals surface area (Å²) in [6, 6.07) is -0.829. The Morgan fingerprint density at radius 2 is 0.670 bits per heavy atom. The van der Waals surface area contributed by atoms with Crippen molar-refractivity contribution in [1.29, 1.82) is 0 Å². The number of ether oxygens (including phenoxy) is 4. The van der Waals surface area contributed by atoms with Gasteiger partial charge in [0, 0.05) is 6.42 Å². The van der Waals surface area contributed by atoms with Gasteiger partial charge in [-0.15, -0.1) is 0 Å². The molecule has 103 heavy (non-hydrogen) atoms. The van der Waals surface area contributed by atoms with Crippen molar-refractivity contribution in [1.82, 2.24) is 5.32 Å². The molecule has 2 saturated heterocycles. The summed E-state index contributed by atoms with van der Waals surface area (Å²) in [6.07, 6.45) is 81.9. The van der Waals surface area contributed by atoms with Gasteiger partial charge in [-0.2, -0.15) is 0 Å². The Hall–Kier alpha value is -2.05. The van der Waals surface area contributed by atoms with Gasteiger partial charge in [0.15, 0.2) is 12.6 Å². The predicted octanol–water partition coefficient (Wildman–Crippen LogP) is 21.3. The minimum atomic E-state index is -1.78. The zero-order valence-electron chi connectivity index (χ0n) is 66.8. The van der Waals surface area contributed by atoms with Crippen molar-refractivity contribution in [3.8, 4) is 0 Å². The van der Waals surface area contributed by atoms with E-state index in [9.17, 15) is 45.6 Å². The molecule has 14 heteroatoms. The Morgan fingerprint density at radius 1 is 0.359 bits per heavy atom. The van der Waals surface area contributed by atoms with Gasteiger partial charge in [-0.25, -0.2) is 0 Å². The van der Waals surface area contributed by atoms with Crippen LogP contribution in [0, 0.1) is 0 Å². The Bertz CT molecular complexity index is 1920. The van der Waals surface area contributed by atoms with Gasteiger partial charge in [-0.05, 0) is 51.4 Å². The smallest absolute Gasteiger partial charge is 0.220 e. The molecule has 0 spiro atoms. The summed E-state index contributed by atoms with van der Waals surface area (Å²) < 4.78 is 23.0. The van der Waals surface area contributed by atoms with E-state index in [-0.39, 0.29) is 12.5 Å². The summed E-state index contributed by atoms with van der Waals surface area (Å²) in [5, 5.41) is 88.0. The maximum Gasteiger partial charge on any atom is 0.220 e. The van der Waals surface area contributed by atoms with Crippen LogP contribution in [0.3, 0.4) is 0 Å². The first kappa shape index (κ1) is 97.0. The summed E-state index contributed by atoms with van der Waals surface area (Å²) in [4.78, 5) is 13.4. The molecule has 0 aromatic carbocycles. The van der Waals surface area contributed by atoms with E-state index in [2.05, 4.69) is 67.8 Å². The fourth-order valence-electron chi connectivity index (χ4n) is 14.9. The van der Waals surface area contributed by atoms with Crippen LogP contribution in [-0.4, -0.2) is 140 Å². The molecule has 9 N–H and O–H groups in total. The van der Waals surface area contributed by atoms with Crippen LogP contribution < -0.4 is 5.32 Å². The maximum atomic E-state index is 13.4. The summed E-state index contributed by atoms with van der Waals surface area (Å²) >= 11 is 0. The standard InChI is InChI=1S/C89H167NO13/c1-3-5-7-9-11-13-15-17-19-21-23-25-27-29-31-33-34-35-36-37-38-39-40-41-42-43-44-45-47-49-51-53-55-57-59-61-63-65-67-69-71-73-81(94)90-77(76-100-88-86(99)84(97)87(80(75-92)102-88)103-89-85(98)83(96)82(95)79(74-91)101-89)78(93)72-70-68-66-64-62-60-58-56-54-52-50-48-46-32-30-28-26-24-22-20-18-16-14-12-10-8-6-4-2/h5,7,11,13,17,19,23,25,77-80,82-89,91-93,95-99H,3-4,6,8-10,12,14-16,18,20-22,24,26-76H2,1-2H3,(H,90,94)/b7-5-,13-11-,19-17-,25-23-. The summed E-state index contributed by atoms with van der Waals surface area (Å²) in [5.41, 5.74) is 0. The van der Waals surface area contributed by atoms with E-state index in [0.717, 1.165) is 77.0 Å². The molecular formula is C89H167NO13. The summed E-state index contributed by atoms with van der Waals surface area (Å²) in [7, 11) is 0. The molecule has 0 aromatic heterocycles. The number of hydrogen-bond donors (Lipinski definition) is 9. The zero-order valence-corrected chi connectivity index (χ0v) is 66.8. The number of nitrogens with one attached hydrogen (secondary N) is 1. The Labute approximate surface area is 633 Å². The van der Waals surface area contributed by atoms with Gasteiger partial charge in [-0.1, -0.05) is 409 Å². The van der Waals surface area contributed by atoms with Crippen molar-refractivity contribution in [2.45, 2.75) is 492 Å². The van der Waals surface area contributed by atoms with E-state index in [1.165, 1.54) is 315 Å². The van der Waals surface area contributed by atoms with Gasteiger partial charge in [-0.3, -0.25) is 4.79 Å². The average molecular weight is 1460 g/mol. The third-order valence-corrected chi connectivity index (χ3v) is 21.8. The number of carbonyl (C=O) groups is 1. The van der Waals surface area contributed by atoms with Gasteiger partial charge < -0.3 is 65.1 Å². The molecule has 0 aliphatic carbocycles. The van der Waals surface area contributed by atoms with Crippen molar-refractivity contribution >= 4 is 5.91 Å². The number of hydrogen-bond acceptors (Lipinski definition) is 13. The van der Waals surface area contributed by atoms with Crippen molar-refractivity contribution in [2.75, 3.05) is 19.8 Å². The molecule has 2 heterocycles. The number of unbranched alkanes of at least 4 members (excludes halogenated alkanes) is 55. The quantitative estimate of drug-likeness (QED) is 0.0204. The number of amides is 1. The number of allylic oxidation sites excluding steroid dienone is 8. The number of carbonyl (C=O) groups excluding carboxylic acids is 1. The molecule has 1 amide bonds. The Morgan fingerprint density at radius 3 is 1.03 bits per heavy atom. The molecule has 0 bridgehead atoms. The van der Waals surface area contributed by atoms with Crippen LogP contribution in [0.2, 0.25) is 0 Å². The first-order chi connectivity index (χ1) is 50.6. The van der Waals surface area contributed by atoms with Gasteiger partial charge in [0.05, 0.1) is 32.0 Å². The normalized spacial score (nSPS) is 21.7. The topological polar surface area (TPSA) is 228 Å². The van der Waals surface area contributed by atoms with E-state index in [0.29, 0.717) is 12.8 Å². The lowest BCUT2D eigenvalue weighted by Gasteiger charge is -2.46. The third kappa shape index (κ3) is 55.1. The molecular weight excluding hydrogens is 1290 g/mol. The van der Waals surface area contributed by atoms with Crippen molar-refractivity contribution in [2.24, 2.45) is 0 Å². The highest BCUT2D eigenvalue weighted by Crippen LogP contribution is 2.31. The van der Waals surface area contributed by atoms with Gasteiger partial charge in [0.25, 0.3) is 0 Å². The Balaban J connectivity index is 1.54. The number of rotatable bonds is 76. The van der Waals surface area contributed by atoms with Crippen molar-refractivity contribution < 1.29 is 64.6 Å². The van der Waals surface area contributed by atoms with Gasteiger partial charge >= 0.3 is 0 Å². The second-order valence-electron chi connectivity index (χ2n) is 31.4. The minimum absolute atomic E-state index is 0.196. The highest BCUT2D eigenvalue weighted by atomic mass is 16.7. The highest BCUT2D eigenvalue weighted by Gasteiger charge is 2.51. The zero-order chi connectivity index (χ0) is 74.4.